The van der Waals surface area contributed by atoms with Gasteiger partial charge in [-0.3, -0.25) is 4.79 Å². The molecule has 8 nitrogen and oxygen atoms in total. The van der Waals surface area contributed by atoms with Crippen molar-refractivity contribution >= 4 is 33.5 Å². The van der Waals surface area contributed by atoms with Crippen molar-refractivity contribution in [2.24, 2.45) is 0 Å². The normalized spacial score (nSPS) is 13.8. The number of aliphatic carboxylic acids is 2. The van der Waals surface area contributed by atoms with E-state index in [0.717, 1.165) is 70.3 Å². The number of hydrogen-bond donors (Lipinski definition) is 3. The fourth-order valence-corrected chi connectivity index (χ4v) is 4.16. The summed E-state index contributed by atoms with van der Waals surface area (Å²) in [6.07, 6.45) is 0. The van der Waals surface area contributed by atoms with Crippen LogP contribution in [-0.4, -0.2) is 57.4 Å². The molecule has 3 N–H and O–H groups in total. The third-order valence-electron chi connectivity index (χ3n) is 6.82. The number of piperazine rings is 1. The summed E-state index contributed by atoms with van der Waals surface area (Å²) in [5.41, 5.74) is 1.57. The number of rotatable bonds is 6. The van der Waals surface area contributed by atoms with E-state index in [4.69, 9.17) is 14.6 Å². The van der Waals surface area contributed by atoms with Crippen molar-refractivity contribution in [2.75, 3.05) is 40.4 Å². The second-order valence-corrected chi connectivity index (χ2v) is 9.55. The van der Waals surface area contributed by atoms with Gasteiger partial charge in [0.1, 0.15) is 11.5 Å². The number of fused-ring (bicyclic) bond motifs is 2. The molecule has 5 rings (SSSR count). The molecule has 41 heavy (non-hydrogen) atoms. The molecule has 0 bridgehead atoms. The van der Waals surface area contributed by atoms with Crippen molar-refractivity contribution in [3.05, 3.63) is 83.9 Å². The third-order valence-corrected chi connectivity index (χ3v) is 6.82. The zero-order valence-corrected chi connectivity index (χ0v) is 26.4. The minimum Gasteiger partial charge on any atom is -0.550 e. The summed E-state index contributed by atoms with van der Waals surface area (Å²) in [7, 11) is 3.25. The fraction of sp³-hybridized carbons (Fsp3) is 0.312. The van der Waals surface area contributed by atoms with E-state index in [0.29, 0.717) is 0 Å². The van der Waals surface area contributed by atoms with Crippen LogP contribution in [0.15, 0.2) is 72.8 Å². The molecule has 0 spiro atoms. The first-order chi connectivity index (χ1) is 19.2. The summed E-state index contributed by atoms with van der Waals surface area (Å²) in [4.78, 5) is 21.7. The molecule has 0 aromatic heterocycles. The number of methoxy groups -OCH3 is 2. The van der Waals surface area contributed by atoms with Gasteiger partial charge < -0.3 is 35.1 Å². The van der Waals surface area contributed by atoms with Gasteiger partial charge in [-0.25, -0.2) is 0 Å². The van der Waals surface area contributed by atoms with Gasteiger partial charge in [-0.1, -0.05) is 55.5 Å². The molecule has 0 saturated carbocycles. The first-order valence-electron chi connectivity index (χ1n) is 13.2. The van der Waals surface area contributed by atoms with Crippen LogP contribution in [0.25, 0.3) is 21.5 Å². The van der Waals surface area contributed by atoms with E-state index in [1.54, 1.807) is 28.1 Å². The number of nitrogens with one attached hydrogen (secondary N) is 2. The standard InChI is InChI=1S/2C14H14O3.C4H10N2.Na/c2*1-9(14(15)16)10-3-4-12-8-13(17-2)6-5-11(12)7-10;1-2-6-4-3-5-1;/h2*3-9H,1-2H3,(H,15,16);5-6H,1-4H2;/q;;;+1/p-1/t2*9-;;/m00../s1. The van der Waals surface area contributed by atoms with Crippen molar-refractivity contribution in [3.63, 3.8) is 0 Å². The molecule has 212 valence electrons. The van der Waals surface area contributed by atoms with Gasteiger partial charge in [0, 0.05) is 38.1 Å². The summed E-state index contributed by atoms with van der Waals surface area (Å²) in [6, 6.07) is 22.7. The molecular weight excluding hydrogens is 531 g/mol. The van der Waals surface area contributed by atoms with Gasteiger partial charge in [-0.05, 0) is 63.9 Å². The Labute approximate surface area is 263 Å². The summed E-state index contributed by atoms with van der Waals surface area (Å²) in [6.45, 7) is 7.87. The Morgan fingerprint density at radius 2 is 1.05 bits per heavy atom. The minimum absolute atomic E-state index is 0. The van der Waals surface area contributed by atoms with Gasteiger partial charge in [-0.15, -0.1) is 0 Å². The van der Waals surface area contributed by atoms with Crippen LogP contribution >= 0.6 is 0 Å². The molecule has 0 radical (unpaired) electrons. The maximum Gasteiger partial charge on any atom is 1.00 e. The van der Waals surface area contributed by atoms with Crippen LogP contribution in [0.3, 0.4) is 0 Å². The van der Waals surface area contributed by atoms with Crippen molar-refractivity contribution < 1.29 is 58.8 Å². The van der Waals surface area contributed by atoms with Gasteiger partial charge in [0.05, 0.1) is 20.1 Å². The second-order valence-electron chi connectivity index (χ2n) is 9.55. The maximum atomic E-state index is 10.9. The molecule has 1 heterocycles. The minimum atomic E-state index is -1.06. The van der Waals surface area contributed by atoms with Crippen LogP contribution in [0.1, 0.15) is 36.8 Å². The van der Waals surface area contributed by atoms with E-state index in [2.05, 4.69) is 10.6 Å². The first-order valence-corrected chi connectivity index (χ1v) is 13.2. The topological polar surface area (TPSA) is 120 Å². The molecule has 4 aromatic rings. The smallest absolute Gasteiger partial charge is 0.550 e. The number of carbonyl (C=O) groups is 2. The van der Waals surface area contributed by atoms with Gasteiger partial charge in [0.25, 0.3) is 0 Å². The van der Waals surface area contributed by atoms with E-state index in [1.165, 1.54) is 0 Å². The van der Waals surface area contributed by atoms with Gasteiger partial charge >= 0.3 is 35.5 Å². The van der Waals surface area contributed by atoms with E-state index < -0.39 is 23.8 Å². The molecule has 2 atom stereocenters. The van der Waals surface area contributed by atoms with Crippen molar-refractivity contribution in [1.82, 2.24) is 10.6 Å². The number of ether oxygens (including phenoxy) is 2. The quantitative estimate of drug-likeness (QED) is 0.294. The molecule has 1 fully saturated rings. The average molecular weight is 569 g/mol. The van der Waals surface area contributed by atoms with Gasteiger partial charge in [0.2, 0.25) is 0 Å². The number of carbonyl (C=O) groups excluding carboxylic acids is 1. The number of carboxylic acids is 2. The van der Waals surface area contributed by atoms with Crippen LogP contribution in [0.2, 0.25) is 0 Å². The van der Waals surface area contributed by atoms with Crippen LogP contribution in [0, 0.1) is 0 Å². The molecule has 0 aliphatic carbocycles. The summed E-state index contributed by atoms with van der Waals surface area (Å²) in [5.74, 6) is -1.35. The SMILES string of the molecule is C1CNCCN1.COc1ccc2cc([C@H](C)C(=O)O)ccc2c1.COc1ccc2cc([C@H](C)C(=O)[O-])ccc2c1.[Na+]. The molecule has 9 heteroatoms. The Morgan fingerprint density at radius 1 is 0.683 bits per heavy atom. The predicted octanol–water partition coefficient (Wildman–Crippen LogP) is 0.922. The molecule has 1 aliphatic heterocycles. The van der Waals surface area contributed by atoms with E-state index in [9.17, 15) is 14.7 Å². The summed E-state index contributed by atoms with van der Waals surface area (Å²) in [5, 5.41) is 30.3. The summed E-state index contributed by atoms with van der Waals surface area (Å²) < 4.78 is 10.3. The molecule has 1 aliphatic rings. The largest absolute Gasteiger partial charge is 1.00 e. The van der Waals surface area contributed by atoms with E-state index >= 15 is 0 Å². The Hall–Kier alpha value is -3.14. The van der Waals surface area contributed by atoms with Crippen LogP contribution in [0.4, 0.5) is 0 Å². The number of hydrogen-bond acceptors (Lipinski definition) is 7. The van der Waals surface area contributed by atoms with Crippen molar-refractivity contribution in [3.8, 4) is 11.5 Å². The Bertz CT molecular complexity index is 1330. The van der Waals surface area contributed by atoms with Crippen LogP contribution in [0.5, 0.6) is 11.5 Å². The zero-order valence-electron chi connectivity index (χ0n) is 24.4. The van der Waals surface area contributed by atoms with E-state index in [1.807, 2.05) is 72.8 Å². The molecule has 4 aromatic carbocycles. The number of carboxylic acid groups (broad SMARTS) is 2. The molecular formula is C32H37N2NaO6. The van der Waals surface area contributed by atoms with Gasteiger partial charge in [0.15, 0.2) is 0 Å². The summed E-state index contributed by atoms with van der Waals surface area (Å²) >= 11 is 0. The van der Waals surface area contributed by atoms with Crippen molar-refractivity contribution in [1.29, 1.82) is 0 Å². The monoisotopic (exact) mass is 568 g/mol. The van der Waals surface area contributed by atoms with E-state index in [-0.39, 0.29) is 29.6 Å². The fourth-order valence-electron chi connectivity index (χ4n) is 4.16. The number of benzene rings is 4. The third kappa shape index (κ3) is 10.0. The predicted molar refractivity (Wildman–Crippen MR) is 156 cm³/mol. The van der Waals surface area contributed by atoms with Crippen LogP contribution < -0.4 is 54.8 Å². The Balaban J connectivity index is 0.000000234. The second kappa shape index (κ2) is 17.0. The molecule has 0 amide bonds. The van der Waals surface area contributed by atoms with Crippen molar-refractivity contribution in [2.45, 2.75) is 25.7 Å². The average Bonchev–Trinajstić information content (AvgIpc) is 3.00. The first kappa shape index (κ1) is 34.1. The Morgan fingerprint density at radius 3 is 1.39 bits per heavy atom. The van der Waals surface area contributed by atoms with Crippen LogP contribution in [-0.2, 0) is 9.59 Å². The molecule has 0 unspecified atom stereocenters. The zero-order chi connectivity index (χ0) is 29.1. The Kier molecular flexibility index (Phi) is 14.1. The van der Waals surface area contributed by atoms with Gasteiger partial charge in [-0.2, -0.15) is 0 Å². The molecule has 1 saturated heterocycles. The maximum absolute atomic E-state index is 10.9.